The van der Waals surface area contributed by atoms with Gasteiger partial charge in [0, 0.05) is 4.88 Å². The molecule has 3 aliphatic carbocycles. The van der Waals surface area contributed by atoms with Gasteiger partial charge in [-0.15, -0.1) is 11.3 Å². The van der Waals surface area contributed by atoms with Crippen molar-refractivity contribution in [2.45, 2.75) is 103 Å². The van der Waals surface area contributed by atoms with Crippen LogP contribution in [0.5, 0.6) is 0 Å². The molecular formula is C30H40O3SSi. The number of ether oxygens (including phenoxy) is 3. The highest BCUT2D eigenvalue weighted by Gasteiger charge is 2.68. The molecule has 1 aromatic heterocycles. The molecule has 2 saturated heterocycles. The lowest BCUT2D eigenvalue weighted by molar-refractivity contribution is -0.153. The minimum atomic E-state index is -1.69. The predicted octanol–water partition coefficient (Wildman–Crippen LogP) is 7.98. The molecule has 0 radical (unpaired) electrons. The van der Waals surface area contributed by atoms with Crippen LogP contribution in [-0.2, 0) is 14.2 Å². The third kappa shape index (κ3) is 3.60. The molecule has 2 aliphatic heterocycles. The number of rotatable bonds is 6. The van der Waals surface area contributed by atoms with Crippen molar-refractivity contribution in [2.75, 3.05) is 13.2 Å². The lowest BCUT2D eigenvalue weighted by Gasteiger charge is -2.52. The fourth-order valence-electron chi connectivity index (χ4n) is 7.40. The standard InChI is InChI=1S/C30H40O3SSi/c1-7-8-9-12-20-24(23-14-11-16-34-23)19-13-10-15-30-26(19)25(28(30)32-29(2,3)33-30)21-17-31-18-22(21)27(20)35(4,5)6/h11,14,16,28H,7-10,12-13,15,17-18H2,1-6H3/b24-19?,24-20+,25-21?,27-20?,27-22+. The Bertz CT molecular complexity index is 1170. The molecule has 0 aromatic carbocycles. The highest BCUT2D eigenvalue weighted by molar-refractivity contribution is 7.11. The Hall–Kier alpha value is -1.24. The van der Waals surface area contributed by atoms with Crippen molar-refractivity contribution in [2.24, 2.45) is 0 Å². The zero-order chi connectivity index (χ0) is 24.6. The Balaban J connectivity index is 1.70. The lowest BCUT2D eigenvalue weighted by Crippen LogP contribution is -2.57. The Kier molecular flexibility index (Phi) is 5.78. The fraction of sp³-hybridized carbons (Fsp3) is 0.600. The van der Waals surface area contributed by atoms with Crippen molar-refractivity contribution in [1.29, 1.82) is 0 Å². The molecule has 1 spiro atoms. The maximum atomic E-state index is 6.83. The summed E-state index contributed by atoms with van der Waals surface area (Å²) in [6.07, 6.45) is 8.30. The van der Waals surface area contributed by atoms with Gasteiger partial charge in [0.2, 0.25) is 0 Å². The predicted molar refractivity (Wildman–Crippen MR) is 147 cm³/mol. The van der Waals surface area contributed by atoms with Gasteiger partial charge in [0.25, 0.3) is 0 Å². The molecule has 188 valence electrons. The number of thiophene rings is 1. The molecule has 5 aliphatic rings. The van der Waals surface area contributed by atoms with E-state index in [0.717, 1.165) is 32.3 Å². The Morgan fingerprint density at radius 3 is 2.60 bits per heavy atom. The van der Waals surface area contributed by atoms with Crippen molar-refractivity contribution in [3.05, 3.63) is 61.0 Å². The number of allylic oxidation sites excluding steroid dienone is 4. The first-order chi connectivity index (χ1) is 16.7. The van der Waals surface area contributed by atoms with E-state index in [1.807, 2.05) is 11.3 Å². The van der Waals surface area contributed by atoms with Gasteiger partial charge in [0.05, 0.1) is 21.3 Å². The lowest BCUT2D eigenvalue weighted by atomic mass is 9.57. The Morgan fingerprint density at radius 2 is 1.89 bits per heavy atom. The average Bonchev–Trinajstić information content (AvgIpc) is 3.48. The van der Waals surface area contributed by atoms with Gasteiger partial charge in [0.15, 0.2) is 5.79 Å². The maximum Gasteiger partial charge on any atom is 0.165 e. The molecule has 5 heteroatoms. The second-order valence-electron chi connectivity index (χ2n) is 12.4. The summed E-state index contributed by atoms with van der Waals surface area (Å²) in [6.45, 7) is 15.5. The molecule has 3 heterocycles. The molecule has 2 unspecified atom stereocenters. The summed E-state index contributed by atoms with van der Waals surface area (Å²) in [5.41, 5.74) is 10.2. The maximum absolute atomic E-state index is 6.83. The van der Waals surface area contributed by atoms with E-state index in [1.165, 1.54) is 52.0 Å². The molecule has 1 aromatic rings. The molecule has 6 rings (SSSR count). The topological polar surface area (TPSA) is 27.7 Å². The number of fused-ring (bicyclic) bond motifs is 2. The van der Waals surface area contributed by atoms with E-state index in [1.54, 1.807) is 16.3 Å². The first-order valence-corrected chi connectivity index (χ1v) is 18.0. The van der Waals surface area contributed by atoms with Gasteiger partial charge in [0.1, 0.15) is 11.7 Å². The van der Waals surface area contributed by atoms with Gasteiger partial charge in [-0.3, -0.25) is 0 Å². The summed E-state index contributed by atoms with van der Waals surface area (Å²) < 4.78 is 19.8. The van der Waals surface area contributed by atoms with Gasteiger partial charge >= 0.3 is 0 Å². The molecule has 3 fully saturated rings. The third-order valence-corrected chi connectivity index (χ3v) is 11.4. The van der Waals surface area contributed by atoms with Crippen LogP contribution in [0.2, 0.25) is 19.6 Å². The van der Waals surface area contributed by atoms with Crippen molar-refractivity contribution >= 4 is 25.0 Å². The summed E-state index contributed by atoms with van der Waals surface area (Å²) in [5.74, 6) is -0.559. The van der Waals surface area contributed by atoms with Gasteiger partial charge in [-0.05, 0) is 96.4 Å². The number of unbranched alkanes of at least 4 members (excludes halogenated alkanes) is 2. The Labute approximate surface area is 215 Å². The highest BCUT2D eigenvalue weighted by atomic mass is 32.1. The minimum Gasteiger partial charge on any atom is -0.372 e. The zero-order valence-electron chi connectivity index (χ0n) is 22.3. The van der Waals surface area contributed by atoms with E-state index < -0.39 is 13.9 Å². The second kappa shape index (κ2) is 8.39. The second-order valence-corrected chi connectivity index (χ2v) is 18.3. The van der Waals surface area contributed by atoms with Crippen LogP contribution >= 0.6 is 11.3 Å². The average molecular weight is 509 g/mol. The first kappa shape index (κ1) is 24.1. The largest absolute Gasteiger partial charge is 0.372 e. The summed E-state index contributed by atoms with van der Waals surface area (Å²) >= 11 is 1.90. The van der Waals surface area contributed by atoms with E-state index in [9.17, 15) is 0 Å². The zero-order valence-corrected chi connectivity index (χ0v) is 24.1. The quantitative estimate of drug-likeness (QED) is 0.288. The highest BCUT2D eigenvalue weighted by Crippen LogP contribution is 2.65. The van der Waals surface area contributed by atoms with E-state index in [4.69, 9.17) is 14.2 Å². The molecule has 0 bridgehead atoms. The van der Waals surface area contributed by atoms with Crippen molar-refractivity contribution in [1.82, 2.24) is 0 Å². The molecule has 0 amide bonds. The monoisotopic (exact) mass is 508 g/mol. The smallest absolute Gasteiger partial charge is 0.165 e. The van der Waals surface area contributed by atoms with E-state index in [2.05, 4.69) is 57.9 Å². The van der Waals surface area contributed by atoms with Crippen LogP contribution < -0.4 is 0 Å². The molecule has 35 heavy (non-hydrogen) atoms. The van der Waals surface area contributed by atoms with Crippen LogP contribution in [0.1, 0.15) is 70.6 Å². The van der Waals surface area contributed by atoms with Crippen molar-refractivity contribution in [3.63, 3.8) is 0 Å². The van der Waals surface area contributed by atoms with Crippen LogP contribution in [0.25, 0.3) is 5.57 Å². The van der Waals surface area contributed by atoms with Crippen molar-refractivity contribution in [3.8, 4) is 0 Å². The summed E-state index contributed by atoms with van der Waals surface area (Å²) in [4.78, 5) is 1.43. The first-order valence-electron chi connectivity index (χ1n) is 13.6. The Morgan fingerprint density at radius 1 is 1.09 bits per heavy atom. The van der Waals surface area contributed by atoms with Crippen LogP contribution in [-0.4, -0.2) is 38.8 Å². The van der Waals surface area contributed by atoms with Crippen LogP contribution in [0.3, 0.4) is 0 Å². The molecule has 3 nitrogen and oxygen atoms in total. The number of hydrogen-bond acceptors (Lipinski definition) is 4. The molecule has 1 saturated carbocycles. The van der Waals surface area contributed by atoms with Gasteiger partial charge in [-0.2, -0.15) is 0 Å². The minimum absolute atomic E-state index is 0.0311. The van der Waals surface area contributed by atoms with E-state index in [-0.39, 0.29) is 11.7 Å². The normalized spacial score (nSPS) is 33.8. The molecule has 2 atom stereocenters. The van der Waals surface area contributed by atoms with Gasteiger partial charge in [-0.1, -0.05) is 50.7 Å². The van der Waals surface area contributed by atoms with Crippen LogP contribution in [0.4, 0.5) is 0 Å². The summed E-state index contributed by atoms with van der Waals surface area (Å²) in [5, 5.41) is 3.91. The molecule has 0 N–H and O–H groups in total. The van der Waals surface area contributed by atoms with Crippen molar-refractivity contribution < 1.29 is 14.2 Å². The van der Waals surface area contributed by atoms with Crippen LogP contribution in [0.15, 0.2) is 56.1 Å². The summed E-state index contributed by atoms with van der Waals surface area (Å²) in [7, 11) is -1.69. The van der Waals surface area contributed by atoms with E-state index >= 15 is 0 Å². The third-order valence-electron chi connectivity index (χ3n) is 8.42. The fourth-order valence-corrected chi connectivity index (χ4v) is 10.5. The van der Waals surface area contributed by atoms with Gasteiger partial charge in [-0.25, -0.2) is 0 Å². The van der Waals surface area contributed by atoms with E-state index in [0.29, 0.717) is 6.61 Å². The molecular weight excluding hydrogens is 468 g/mol. The van der Waals surface area contributed by atoms with Gasteiger partial charge < -0.3 is 14.2 Å². The van der Waals surface area contributed by atoms with Crippen LogP contribution in [0, 0.1) is 0 Å². The SMILES string of the molecule is CCCCCC1=C(\c2cccs2)C2=C3C(=C4COC\C4=C\1[Si](C)(C)C)C1OC(C)(C)OC31CCC2. The summed E-state index contributed by atoms with van der Waals surface area (Å²) in [6, 6.07) is 4.58. The number of hydrogen-bond donors (Lipinski definition) is 0.